The van der Waals surface area contributed by atoms with E-state index in [0.717, 1.165) is 5.56 Å². The standard InChI is InChI=1S/C16H12Cl2N2O2S/c1-9-2-4-12(11(18)6-9)19-15(21)8-23-16-20-13-7-10(17)3-5-14(13)22-16/h2-7H,8H2,1H3,(H,19,21). The fourth-order valence-electron chi connectivity index (χ4n) is 1.98. The Morgan fingerprint density at radius 2 is 2.09 bits per heavy atom. The fraction of sp³-hybridized carbons (Fsp3) is 0.125. The maximum absolute atomic E-state index is 12.0. The van der Waals surface area contributed by atoms with Crippen molar-refractivity contribution in [2.24, 2.45) is 0 Å². The Kier molecular flexibility index (Phi) is 4.80. The van der Waals surface area contributed by atoms with E-state index in [0.29, 0.717) is 32.1 Å². The van der Waals surface area contributed by atoms with Crippen LogP contribution in [0.15, 0.2) is 46.0 Å². The largest absolute Gasteiger partial charge is 0.431 e. The van der Waals surface area contributed by atoms with E-state index in [1.54, 1.807) is 30.3 Å². The number of carbonyl (C=O) groups is 1. The zero-order chi connectivity index (χ0) is 16.4. The van der Waals surface area contributed by atoms with Gasteiger partial charge in [-0.05, 0) is 42.8 Å². The van der Waals surface area contributed by atoms with E-state index < -0.39 is 0 Å². The van der Waals surface area contributed by atoms with Crippen molar-refractivity contribution in [1.82, 2.24) is 4.98 Å². The molecule has 1 heterocycles. The van der Waals surface area contributed by atoms with Gasteiger partial charge in [-0.3, -0.25) is 4.79 Å². The summed E-state index contributed by atoms with van der Waals surface area (Å²) in [6.07, 6.45) is 0. The first kappa shape index (κ1) is 16.2. The maximum atomic E-state index is 12.0. The van der Waals surface area contributed by atoms with Gasteiger partial charge in [-0.25, -0.2) is 4.98 Å². The highest BCUT2D eigenvalue weighted by Gasteiger charge is 2.11. The molecule has 1 aromatic heterocycles. The Hall–Kier alpha value is -1.69. The van der Waals surface area contributed by atoms with Crippen LogP contribution in [-0.4, -0.2) is 16.6 Å². The first-order valence-corrected chi connectivity index (χ1v) is 8.50. The van der Waals surface area contributed by atoms with E-state index >= 15 is 0 Å². The molecule has 4 nitrogen and oxygen atoms in total. The molecular formula is C16H12Cl2N2O2S. The Morgan fingerprint density at radius 3 is 2.87 bits per heavy atom. The first-order valence-electron chi connectivity index (χ1n) is 6.76. The second-order valence-corrected chi connectivity index (χ2v) is 6.68. The number of oxazole rings is 1. The van der Waals surface area contributed by atoms with Crippen molar-refractivity contribution in [3.05, 3.63) is 52.0 Å². The van der Waals surface area contributed by atoms with Crippen molar-refractivity contribution in [2.75, 3.05) is 11.1 Å². The van der Waals surface area contributed by atoms with E-state index in [4.69, 9.17) is 27.6 Å². The van der Waals surface area contributed by atoms with Gasteiger partial charge in [-0.1, -0.05) is 41.0 Å². The minimum Gasteiger partial charge on any atom is -0.431 e. The lowest BCUT2D eigenvalue weighted by atomic mass is 10.2. The molecule has 0 atom stereocenters. The first-order chi connectivity index (χ1) is 11.0. The molecule has 0 fully saturated rings. The molecular weight excluding hydrogens is 355 g/mol. The average Bonchev–Trinajstić information content (AvgIpc) is 2.90. The summed E-state index contributed by atoms with van der Waals surface area (Å²) in [5.74, 6) is -0.00820. The minimum absolute atomic E-state index is 0.171. The normalized spacial score (nSPS) is 10.9. The van der Waals surface area contributed by atoms with Gasteiger partial charge in [-0.15, -0.1) is 0 Å². The number of nitrogens with zero attached hydrogens (tertiary/aromatic N) is 1. The van der Waals surface area contributed by atoms with E-state index in [-0.39, 0.29) is 11.7 Å². The molecule has 1 N–H and O–H groups in total. The quantitative estimate of drug-likeness (QED) is 0.646. The molecule has 2 aromatic carbocycles. The van der Waals surface area contributed by atoms with Crippen LogP contribution in [0.5, 0.6) is 0 Å². The molecule has 3 rings (SSSR count). The van der Waals surface area contributed by atoms with E-state index in [1.165, 1.54) is 11.8 Å². The SMILES string of the molecule is Cc1ccc(NC(=O)CSc2nc3cc(Cl)ccc3o2)c(Cl)c1. The minimum atomic E-state index is -0.180. The molecule has 0 unspecified atom stereocenters. The van der Waals surface area contributed by atoms with Crippen LogP contribution in [0.3, 0.4) is 0 Å². The van der Waals surface area contributed by atoms with Gasteiger partial charge in [0.1, 0.15) is 5.52 Å². The summed E-state index contributed by atoms with van der Waals surface area (Å²) in [7, 11) is 0. The highest BCUT2D eigenvalue weighted by Crippen LogP contribution is 2.26. The van der Waals surface area contributed by atoms with Crippen LogP contribution < -0.4 is 5.32 Å². The van der Waals surface area contributed by atoms with Crippen molar-refractivity contribution >= 4 is 57.7 Å². The number of carbonyl (C=O) groups excluding carboxylic acids is 1. The lowest BCUT2D eigenvalue weighted by Gasteiger charge is -2.06. The Morgan fingerprint density at radius 1 is 1.26 bits per heavy atom. The predicted octanol–water partition coefficient (Wildman–Crippen LogP) is 5.17. The molecule has 0 radical (unpaired) electrons. The number of hydrogen-bond acceptors (Lipinski definition) is 4. The number of aryl methyl sites for hydroxylation is 1. The van der Waals surface area contributed by atoms with Crippen LogP contribution in [-0.2, 0) is 4.79 Å². The highest BCUT2D eigenvalue weighted by atomic mass is 35.5. The lowest BCUT2D eigenvalue weighted by Crippen LogP contribution is -2.14. The third-order valence-electron chi connectivity index (χ3n) is 3.06. The summed E-state index contributed by atoms with van der Waals surface area (Å²) < 4.78 is 5.55. The smallest absolute Gasteiger partial charge is 0.257 e. The van der Waals surface area contributed by atoms with Gasteiger partial charge in [0.25, 0.3) is 5.22 Å². The van der Waals surface area contributed by atoms with Crippen LogP contribution >= 0.6 is 35.0 Å². The van der Waals surface area contributed by atoms with Gasteiger partial charge in [-0.2, -0.15) is 0 Å². The molecule has 1 amide bonds. The van der Waals surface area contributed by atoms with Crippen molar-refractivity contribution in [1.29, 1.82) is 0 Å². The fourth-order valence-corrected chi connectivity index (χ4v) is 3.06. The number of amides is 1. The van der Waals surface area contributed by atoms with Gasteiger partial charge in [0, 0.05) is 5.02 Å². The second kappa shape index (κ2) is 6.83. The number of fused-ring (bicyclic) bond motifs is 1. The average molecular weight is 367 g/mol. The van der Waals surface area contributed by atoms with Crippen LogP contribution in [0, 0.1) is 6.92 Å². The summed E-state index contributed by atoms with van der Waals surface area (Å²) >= 11 is 13.2. The summed E-state index contributed by atoms with van der Waals surface area (Å²) in [6, 6.07) is 10.7. The Balaban J connectivity index is 1.63. The predicted molar refractivity (Wildman–Crippen MR) is 94.6 cm³/mol. The number of anilines is 1. The zero-order valence-electron chi connectivity index (χ0n) is 12.1. The number of nitrogens with one attached hydrogen (secondary N) is 1. The van der Waals surface area contributed by atoms with Crippen molar-refractivity contribution in [2.45, 2.75) is 12.1 Å². The number of rotatable bonds is 4. The monoisotopic (exact) mass is 366 g/mol. The molecule has 3 aromatic rings. The molecule has 0 aliphatic carbocycles. The van der Waals surface area contributed by atoms with E-state index in [9.17, 15) is 4.79 Å². The lowest BCUT2D eigenvalue weighted by molar-refractivity contribution is -0.113. The summed E-state index contributed by atoms with van der Waals surface area (Å²) in [5, 5.41) is 4.30. The number of aromatic nitrogens is 1. The van der Waals surface area contributed by atoms with Crippen LogP contribution in [0.2, 0.25) is 10.0 Å². The number of halogens is 2. The van der Waals surface area contributed by atoms with Gasteiger partial charge < -0.3 is 9.73 Å². The van der Waals surface area contributed by atoms with E-state index in [2.05, 4.69) is 10.3 Å². The third-order valence-corrected chi connectivity index (χ3v) is 4.43. The number of thioether (sulfide) groups is 1. The molecule has 0 aliphatic rings. The molecule has 0 aliphatic heterocycles. The topological polar surface area (TPSA) is 55.1 Å². The Labute approximate surface area is 147 Å². The van der Waals surface area contributed by atoms with Crippen LogP contribution in [0.25, 0.3) is 11.1 Å². The molecule has 0 saturated carbocycles. The van der Waals surface area contributed by atoms with Crippen LogP contribution in [0.4, 0.5) is 5.69 Å². The van der Waals surface area contributed by atoms with Crippen molar-refractivity contribution < 1.29 is 9.21 Å². The summed E-state index contributed by atoms with van der Waals surface area (Å²) in [6.45, 7) is 1.94. The second-order valence-electron chi connectivity index (χ2n) is 4.91. The highest BCUT2D eigenvalue weighted by molar-refractivity contribution is 7.99. The molecule has 0 bridgehead atoms. The van der Waals surface area contributed by atoms with Gasteiger partial charge in [0.15, 0.2) is 5.58 Å². The summed E-state index contributed by atoms with van der Waals surface area (Å²) in [5.41, 5.74) is 2.93. The Bertz CT molecular complexity index is 880. The number of benzene rings is 2. The molecule has 118 valence electrons. The molecule has 23 heavy (non-hydrogen) atoms. The third kappa shape index (κ3) is 3.99. The van der Waals surface area contributed by atoms with Gasteiger partial charge in [0.05, 0.1) is 16.5 Å². The molecule has 0 saturated heterocycles. The number of hydrogen-bond donors (Lipinski definition) is 1. The molecule has 7 heteroatoms. The maximum Gasteiger partial charge on any atom is 0.257 e. The molecule has 0 spiro atoms. The van der Waals surface area contributed by atoms with Crippen molar-refractivity contribution in [3.63, 3.8) is 0 Å². The van der Waals surface area contributed by atoms with Crippen LogP contribution in [0.1, 0.15) is 5.56 Å². The van der Waals surface area contributed by atoms with E-state index in [1.807, 2.05) is 13.0 Å². The van der Waals surface area contributed by atoms with Gasteiger partial charge in [0.2, 0.25) is 5.91 Å². The van der Waals surface area contributed by atoms with Gasteiger partial charge >= 0.3 is 0 Å². The van der Waals surface area contributed by atoms with Crippen molar-refractivity contribution in [3.8, 4) is 0 Å². The zero-order valence-corrected chi connectivity index (χ0v) is 14.4. The summed E-state index contributed by atoms with van der Waals surface area (Å²) in [4.78, 5) is 16.3.